The van der Waals surface area contributed by atoms with Gasteiger partial charge in [0.25, 0.3) is 5.91 Å². The summed E-state index contributed by atoms with van der Waals surface area (Å²) in [6.07, 6.45) is 0. The zero-order valence-electron chi connectivity index (χ0n) is 17.8. The van der Waals surface area contributed by atoms with Crippen LogP contribution < -0.4 is 14.8 Å². The fourth-order valence-corrected chi connectivity index (χ4v) is 4.05. The number of hydrogen-bond acceptors (Lipinski definition) is 5. The molecule has 7 nitrogen and oxygen atoms in total. The Morgan fingerprint density at radius 2 is 1.47 bits per heavy atom. The molecule has 0 heterocycles. The van der Waals surface area contributed by atoms with Crippen molar-refractivity contribution in [3.8, 4) is 5.75 Å². The van der Waals surface area contributed by atoms with Gasteiger partial charge in [0, 0.05) is 29.8 Å². The van der Waals surface area contributed by atoms with Gasteiger partial charge in [0.2, 0.25) is 10.0 Å². The average molecular weight is 453 g/mol. The van der Waals surface area contributed by atoms with Crippen molar-refractivity contribution in [3.63, 3.8) is 0 Å². The number of hydrogen-bond donors (Lipinski definition) is 2. The number of sulfonamides is 1. The summed E-state index contributed by atoms with van der Waals surface area (Å²) in [5.41, 5.74) is 2.48. The highest BCUT2D eigenvalue weighted by Gasteiger charge is 2.14. The van der Waals surface area contributed by atoms with Crippen LogP contribution in [-0.2, 0) is 23.1 Å². The van der Waals surface area contributed by atoms with Gasteiger partial charge >= 0.3 is 0 Å². The highest BCUT2D eigenvalue weighted by molar-refractivity contribution is 7.89. The second-order valence-electron chi connectivity index (χ2n) is 7.10. The molecule has 166 valence electrons. The maximum absolute atomic E-state index is 12.5. The minimum atomic E-state index is -3.73. The Kier molecular flexibility index (Phi) is 7.40. The van der Waals surface area contributed by atoms with E-state index < -0.39 is 10.0 Å². The fourth-order valence-electron chi connectivity index (χ4n) is 3.03. The van der Waals surface area contributed by atoms with E-state index in [1.54, 1.807) is 31.4 Å². The van der Waals surface area contributed by atoms with Crippen LogP contribution in [0.4, 0.5) is 0 Å². The molecule has 0 aromatic heterocycles. The number of benzene rings is 3. The summed E-state index contributed by atoms with van der Waals surface area (Å²) >= 11 is 0. The number of methoxy groups -OCH3 is 1. The smallest absolute Gasteiger partial charge is 0.251 e. The minimum Gasteiger partial charge on any atom is -0.496 e. The van der Waals surface area contributed by atoms with Crippen LogP contribution >= 0.6 is 0 Å². The first-order chi connectivity index (χ1) is 15.3. The molecule has 0 fully saturated rings. The third kappa shape index (κ3) is 5.81. The maximum Gasteiger partial charge on any atom is 0.251 e. The number of carbonyl (C=O) groups is 2. The third-order valence-corrected chi connectivity index (χ3v) is 6.30. The van der Waals surface area contributed by atoms with Crippen molar-refractivity contribution in [3.05, 3.63) is 95.1 Å². The van der Waals surface area contributed by atoms with E-state index in [-0.39, 0.29) is 23.1 Å². The van der Waals surface area contributed by atoms with E-state index in [4.69, 9.17) is 4.74 Å². The predicted molar refractivity (Wildman–Crippen MR) is 121 cm³/mol. The monoisotopic (exact) mass is 452 g/mol. The van der Waals surface area contributed by atoms with Gasteiger partial charge in [-0.05, 0) is 42.8 Å². The lowest BCUT2D eigenvalue weighted by Crippen LogP contribution is -2.24. The van der Waals surface area contributed by atoms with E-state index >= 15 is 0 Å². The summed E-state index contributed by atoms with van der Waals surface area (Å²) in [6, 6.07) is 19.9. The molecule has 1 amide bonds. The molecule has 0 aliphatic carbocycles. The number of amides is 1. The van der Waals surface area contributed by atoms with Crippen LogP contribution in [0.1, 0.15) is 38.8 Å². The number of ketones is 1. The van der Waals surface area contributed by atoms with Crippen LogP contribution in [0.25, 0.3) is 0 Å². The first-order valence-electron chi connectivity index (χ1n) is 9.90. The summed E-state index contributed by atoms with van der Waals surface area (Å²) in [6.45, 7) is 1.82. The van der Waals surface area contributed by atoms with Gasteiger partial charge in [0.05, 0.1) is 12.0 Å². The van der Waals surface area contributed by atoms with Crippen LogP contribution in [0.15, 0.2) is 77.7 Å². The van der Waals surface area contributed by atoms with Gasteiger partial charge in [-0.2, -0.15) is 0 Å². The molecule has 8 heteroatoms. The largest absolute Gasteiger partial charge is 0.496 e. The van der Waals surface area contributed by atoms with E-state index in [1.165, 1.54) is 31.2 Å². The lowest BCUT2D eigenvalue weighted by Gasteiger charge is -2.10. The van der Waals surface area contributed by atoms with Crippen molar-refractivity contribution in [2.75, 3.05) is 7.11 Å². The molecule has 3 aromatic carbocycles. The molecule has 3 rings (SSSR count). The molecule has 0 aliphatic heterocycles. The normalized spacial score (nSPS) is 11.1. The van der Waals surface area contributed by atoms with Gasteiger partial charge in [-0.25, -0.2) is 13.1 Å². The molecule has 0 radical (unpaired) electrons. The summed E-state index contributed by atoms with van der Waals surface area (Å²) in [7, 11) is -2.15. The van der Waals surface area contributed by atoms with Crippen LogP contribution in [0.5, 0.6) is 5.75 Å². The van der Waals surface area contributed by atoms with Gasteiger partial charge < -0.3 is 10.1 Å². The average Bonchev–Trinajstić information content (AvgIpc) is 2.81. The zero-order chi connectivity index (χ0) is 23.1. The molecular weight excluding hydrogens is 428 g/mol. The van der Waals surface area contributed by atoms with Gasteiger partial charge in [0.15, 0.2) is 5.78 Å². The van der Waals surface area contributed by atoms with E-state index in [0.29, 0.717) is 29.0 Å². The van der Waals surface area contributed by atoms with Crippen molar-refractivity contribution in [2.45, 2.75) is 24.9 Å². The van der Waals surface area contributed by atoms with Crippen molar-refractivity contribution >= 4 is 21.7 Å². The SMILES string of the molecule is COc1ccccc1CNC(=O)c1ccc(CNS(=O)(=O)c2ccc(C(C)=O)cc2)cc1. The number of carbonyl (C=O) groups excluding carboxylic acids is 2. The predicted octanol–water partition coefficient (Wildman–Crippen LogP) is 3.31. The first kappa shape index (κ1) is 23.2. The first-order valence-corrected chi connectivity index (χ1v) is 11.4. The van der Waals surface area contributed by atoms with Crippen molar-refractivity contribution < 1.29 is 22.7 Å². The summed E-state index contributed by atoms with van der Waals surface area (Å²) < 4.78 is 32.7. The van der Waals surface area contributed by atoms with E-state index in [0.717, 1.165) is 5.56 Å². The Bertz CT molecular complexity index is 1200. The topological polar surface area (TPSA) is 102 Å². The van der Waals surface area contributed by atoms with Crippen LogP contribution in [-0.4, -0.2) is 27.2 Å². The Hall–Kier alpha value is -3.49. The maximum atomic E-state index is 12.5. The van der Waals surface area contributed by atoms with E-state index in [9.17, 15) is 18.0 Å². The van der Waals surface area contributed by atoms with Crippen molar-refractivity contribution in [1.29, 1.82) is 0 Å². The standard InChI is InChI=1S/C24H24N2O5S/c1-17(27)19-11-13-22(14-12-19)32(29,30)26-15-18-7-9-20(10-8-18)24(28)25-16-21-5-3-4-6-23(21)31-2/h3-14,26H,15-16H2,1-2H3,(H,25,28). The number of ether oxygens (including phenoxy) is 1. The molecule has 0 atom stereocenters. The molecule has 0 saturated carbocycles. The van der Waals surface area contributed by atoms with E-state index in [1.807, 2.05) is 24.3 Å². The van der Waals surface area contributed by atoms with Gasteiger partial charge in [-0.1, -0.05) is 42.5 Å². The highest BCUT2D eigenvalue weighted by atomic mass is 32.2. The summed E-state index contributed by atoms with van der Waals surface area (Å²) in [4.78, 5) is 23.8. The molecule has 0 saturated heterocycles. The Labute approximate surface area is 187 Å². The highest BCUT2D eigenvalue weighted by Crippen LogP contribution is 2.17. The second-order valence-corrected chi connectivity index (χ2v) is 8.86. The quantitative estimate of drug-likeness (QED) is 0.485. The lowest BCUT2D eigenvalue weighted by molar-refractivity contribution is 0.0949. The molecule has 2 N–H and O–H groups in total. The molecule has 0 bridgehead atoms. The van der Waals surface area contributed by atoms with Gasteiger partial charge in [-0.15, -0.1) is 0 Å². The minimum absolute atomic E-state index is 0.0694. The molecule has 0 unspecified atom stereocenters. The third-order valence-electron chi connectivity index (χ3n) is 4.89. The molecule has 3 aromatic rings. The molecule has 32 heavy (non-hydrogen) atoms. The van der Waals surface area contributed by atoms with Crippen molar-refractivity contribution in [2.24, 2.45) is 0 Å². The fraction of sp³-hybridized carbons (Fsp3) is 0.167. The molecule has 0 spiro atoms. The van der Waals surface area contributed by atoms with Gasteiger partial charge in [-0.3, -0.25) is 9.59 Å². The number of nitrogens with one attached hydrogen (secondary N) is 2. The van der Waals surface area contributed by atoms with Crippen LogP contribution in [0.2, 0.25) is 0 Å². The molecular formula is C24H24N2O5S. The number of Topliss-reactive ketones (excluding diaryl/α,β-unsaturated/α-hetero) is 1. The lowest BCUT2D eigenvalue weighted by atomic mass is 10.1. The Morgan fingerprint density at radius 3 is 2.09 bits per heavy atom. The van der Waals surface area contributed by atoms with Crippen LogP contribution in [0.3, 0.4) is 0 Å². The summed E-state index contributed by atoms with van der Waals surface area (Å²) in [5.74, 6) is 0.328. The zero-order valence-corrected chi connectivity index (χ0v) is 18.6. The van der Waals surface area contributed by atoms with Crippen LogP contribution in [0, 0.1) is 0 Å². The van der Waals surface area contributed by atoms with E-state index in [2.05, 4.69) is 10.0 Å². The number of para-hydroxylation sites is 1. The Morgan fingerprint density at radius 1 is 0.844 bits per heavy atom. The summed E-state index contributed by atoms with van der Waals surface area (Å²) in [5, 5.41) is 2.85. The second kappa shape index (κ2) is 10.2. The van der Waals surface area contributed by atoms with Crippen molar-refractivity contribution in [1.82, 2.24) is 10.0 Å². The Balaban J connectivity index is 1.58. The van der Waals surface area contributed by atoms with Gasteiger partial charge in [0.1, 0.15) is 5.75 Å². The molecule has 0 aliphatic rings. The number of rotatable bonds is 9.